The standard InChI is InChI=1S/C16H10F3NS/c17-16(18,19)13-8-6-12(7-9-13)15-20-10-14(21-15)11-4-2-1-3-5-11/h1-10H. The van der Waals surface area contributed by atoms with Crippen LogP contribution in [-0.2, 0) is 6.18 Å². The molecule has 21 heavy (non-hydrogen) atoms. The minimum atomic E-state index is -4.31. The highest BCUT2D eigenvalue weighted by Gasteiger charge is 2.30. The number of aromatic nitrogens is 1. The van der Waals surface area contributed by atoms with Crippen LogP contribution in [0.4, 0.5) is 13.2 Å². The van der Waals surface area contributed by atoms with E-state index in [4.69, 9.17) is 0 Å². The third-order valence-corrected chi connectivity index (χ3v) is 4.12. The molecule has 0 radical (unpaired) electrons. The number of hydrogen-bond donors (Lipinski definition) is 0. The summed E-state index contributed by atoms with van der Waals surface area (Å²) in [6, 6.07) is 14.8. The highest BCUT2D eigenvalue weighted by molar-refractivity contribution is 7.18. The zero-order chi connectivity index (χ0) is 14.9. The molecule has 106 valence electrons. The van der Waals surface area contributed by atoms with Crippen molar-refractivity contribution < 1.29 is 13.2 Å². The Morgan fingerprint density at radius 3 is 2.10 bits per heavy atom. The van der Waals surface area contributed by atoms with Gasteiger partial charge in [-0.05, 0) is 17.7 Å². The Kier molecular flexibility index (Phi) is 3.51. The smallest absolute Gasteiger partial charge is 0.244 e. The molecular weight excluding hydrogens is 295 g/mol. The average Bonchev–Trinajstić information content (AvgIpc) is 2.97. The summed E-state index contributed by atoms with van der Waals surface area (Å²) in [4.78, 5) is 5.28. The molecule has 0 aliphatic carbocycles. The van der Waals surface area contributed by atoms with Crippen LogP contribution in [0.3, 0.4) is 0 Å². The summed E-state index contributed by atoms with van der Waals surface area (Å²) in [5, 5.41) is 0.711. The van der Waals surface area contributed by atoms with E-state index in [1.807, 2.05) is 30.3 Å². The average molecular weight is 305 g/mol. The van der Waals surface area contributed by atoms with Crippen molar-refractivity contribution >= 4 is 11.3 Å². The highest BCUT2D eigenvalue weighted by Crippen LogP contribution is 2.34. The number of nitrogens with zero attached hydrogens (tertiary/aromatic N) is 1. The Morgan fingerprint density at radius 2 is 1.48 bits per heavy atom. The quantitative estimate of drug-likeness (QED) is 0.609. The first-order chi connectivity index (χ1) is 10.0. The van der Waals surface area contributed by atoms with Gasteiger partial charge in [0.15, 0.2) is 0 Å². The monoisotopic (exact) mass is 305 g/mol. The van der Waals surface area contributed by atoms with E-state index in [-0.39, 0.29) is 0 Å². The van der Waals surface area contributed by atoms with Gasteiger partial charge in [-0.1, -0.05) is 42.5 Å². The topological polar surface area (TPSA) is 12.9 Å². The van der Waals surface area contributed by atoms with Crippen LogP contribution < -0.4 is 0 Å². The lowest BCUT2D eigenvalue weighted by atomic mass is 10.1. The maximum atomic E-state index is 12.5. The molecule has 0 fully saturated rings. The van der Waals surface area contributed by atoms with Crippen LogP contribution in [-0.4, -0.2) is 4.98 Å². The molecule has 0 N–H and O–H groups in total. The van der Waals surface area contributed by atoms with Crippen LogP contribution in [0.25, 0.3) is 21.0 Å². The van der Waals surface area contributed by atoms with Gasteiger partial charge >= 0.3 is 6.18 Å². The van der Waals surface area contributed by atoms with Crippen LogP contribution in [0.5, 0.6) is 0 Å². The van der Waals surface area contributed by atoms with Gasteiger partial charge in [-0.2, -0.15) is 13.2 Å². The van der Waals surface area contributed by atoms with Gasteiger partial charge in [0.2, 0.25) is 0 Å². The summed E-state index contributed by atoms with van der Waals surface area (Å²) in [5.74, 6) is 0. The number of rotatable bonds is 2. The lowest BCUT2D eigenvalue weighted by Crippen LogP contribution is -2.03. The van der Waals surface area contributed by atoms with Crippen molar-refractivity contribution in [2.75, 3.05) is 0 Å². The molecule has 0 saturated heterocycles. The van der Waals surface area contributed by atoms with Gasteiger partial charge in [-0.3, -0.25) is 0 Å². The number of alkyl halides is 3. The Labute approximate surface area is 123 Å². The Bertz CT molecular complexity index is 730. The van der Waals surface area contributed by atoms with E-state index in [0.29, 0.717) is 10.6 Å². The lowest BCUT2D eigenvalue weighted by Gasteiger charge is -2.06. The number of halogens is 3. The van der Waals surface area contributed by atoms with Crippen LogP contribution in [0, 0.1) is 0 Å². The van der Waals surface area contributed by atoms with Crippen LogP contribution in [0.2, 0.25) is 0 Å². The fraction of sp³-hybridized carbons (Fsp3) is 0.0625. The zero-order valence-electron chi connectivity index (χ0n) is 10.8. The van der Waals surface area contributed by atoms with E-state index < -0.39 is 11.7 Å². The maximum Gasteiger partial charge on any atom is 0.416 e. The second-order valence-corrected chi connectivity index (χ2v) is 5.50. The largest absolute Gasteiger partial charge is 0.416 e. The van der Waals surface area contributed by atoms with Crippen molar-refractivity contribution in [1.29, 1.82) is 0 Å². The van der Waals surface area contributed by atoms with Crippen molar-refractivity contribution in [2.45, 2.75) is 6.18 Å². The SMILES string of the molecule is FC(F)(F)c1ccc(-c2ncc(-c3ccccc3)s2)cc1. The van der Waals surface area contributed by atoms with Crippen LogP contribution in [0.15, 0.2) is 60.8 Å². The van der Waals surface area contributed by atoms with Gasteiger partial charge in [0.05, 0.1) is 10.4 Å². The van der Waals surface area contributed by atoms with Gasteiger partial charge in [-0.15, -0.1) is 11.3 Å². The van der Waals surface area contributed by atoms with E-state index in [9.17, 15) is 13.2 Å². The summed E-state index contributed by atoms with van der Waals surface area (Å²) < 4.78 is 37.6. The van der Waals surface area contributed by atoms with Crippen molar-refractivity contribution in [2.24, 2.45) is 0 Å². The van der Waals surface area contributed by atoms with E-state index in [2.05, 4.69) is 4.98 Å². The third-order valence-electron chi connectivity index (χ3n) is 3.02. The first-order valence-electron chi connectivity index (χ1n) is 6.23. The molecular formula is C16H10F3NS. The molecule has 0 atom stereocenters. The summed E-state index contributed by atoms with van der Waals surface area (Å²) >= 11 is 1.46. The summed E-state index contributed by atoms with van der Waals surface area (Å²) in [6.45, 7) is 0. The fourth-order valence-electron chi connectivity index (χ4n) is 1.95. The van der Waals surface area contributed by atoms with Crippen molar-refractivity contribution in [3.8, 4) is 21.0 Å². The predicted molar refractivity (Wildman–Crippen MR) is 78.0 cm³/mol. The molecule has 0 amide bonds. The normalized spacial score (nSPS) is 11.6. The molecule has 1 heterocycles. The summed E-state index contributed by atoms with van der Waals surface area (Å²) in [5.41, 5.74) is 1.09. The molecule has 0 bridgehead atoms. The Morgan fingerprint density at radius 1 is 0.810 bits per heavy atom. The van der Waals surface area contributed by atoms with E-state index in [1.165, 1.54) is 23.5 Å². The molecule has 1 nitrogen and oxygen atoms in total. The molecule has 3 rings (SSSR count). The summed E-state index contributed by atoms with van der Waals surface area (Å²) in [7, 11) is 0. The number of hydrogen-bond acceptors (Lipinski definition) is 2. The van der Waals surface area contributed by atoms with Crippen molar-refractivity contribution in [3.63, 3.8) is 0 Å². The minimum absolute atomic E-state index is 0.647. The minimum Gasteiger partial charge on any atom is -0.244 e. The molecule has 0 spiro atoms. The van der Waals surface area contributed by atoms with Crippen LogP contribution in [0.1, 0.15) is 5.56 Å². The second kappa shape index (κ2) is 5.33. The summed E-state index contributed by atoms with van der Waals surface area (Å²) in [6.07, 6.45) is -2.57. The van der Waals surface area contributed by atoms with Gasteiger partial charge < -0.3 is 0 Å². The Balaban J connectivity index is 1.90. The van der Waals surface area contributed by atoms with Crippen LogP contribution >= 0.6 is 11.3 Å². The fourth-order valence-corrected chi connectivity index (χ4v) is 2.87. The predicted octanol–water partition coefficient (Wildman–Crippen LogP) is 5.50. The molecule has 3 aromatic rings. The van der Waals surface area contributed by atoms with Gasteiger partial charge in [0.1, 0.15) is 5.01 Å². The molecule has 0 saturated carbocycles. The third kappa shape index (κ3) is 2.97. The molecule has 2 aromatic carbocycles. The molecule has 0 aliphatic heterocycles. The van der Waals surface area contributed by atoms with Gasteiger partial charge in [0.25, 0.3) is 0 Å². The lowest BCUT2D eigenvalue weighted by molar-refractivity contribution is -0.137. The number of benzene rings is 2. The zero-order valence-corrected chi connectivity index (χ0v) is 11.6. The number of thiazole rings is 1. The molecule has 1 aromatic heterocycles. The Hall–Kier alpha value is -2.14. The van der Waals surface area contributed by atoms with Crippen molar-refractivity contribution in [1.82, 2.24) is 4.98 Å². The van der Waals surface area contributed by atoms with E-state index >= 15 is 0 Å². The maximum absolute atomic E-state index is 12.5. The molecule has 0 aliphatic rings. The second-order valence-electron chi connectivity index (χ2n) is 4.47. The van der Waals surface area contributed by atoms with Gasteiger partial charge in [0, 0.05) is 11.8 Å². The van der Waals surface area contributed by atoms with Gasteiger partial charge in [-0.25, -0.2) is 4.98 Å². The van der Waals surface area contributed by atoms with E-state index in [1.54, 1.807) is 6.20 Å². The molecule has 5 heteroatoms. The molecule has 0 unspecified atom stereocenters. The highest BCUT2D eigenvalue weighted by atomic mass is 32.1. The first-order valence-corrected chi connectivity index (χ1v) is 7.04. The first kappa shape index (κ1) is 13.8. The van der Waals surface area contributed by atoms with Crippen molar-refractivity contribution in [3.05, 3.63) is 66.4 Å². The van der Waals surface area contributed by atoms with E-state index in [0.717, 1.165) is 22.6 Å².